The van der Waals surface area contributed by atoms with E-state index in [0.717, 1.165) is 87.3 Å². The first-order chi connectivity index (χ1) is 39.2. The second kappa shape index (κ2) is 23.6. The zero-order valence-corrected chi connectivity index (χ0v) is 47.5. The van der Waals surface area contributed by atoms with Gasteiger partial charge in [-0.3, -0.25) is 14.7 Å². The largest absolute Gasteiger partial charge is 0.486 e. The van der Waals surface area contributed by atoms with Gasteiger partial charge in [0.1, 0.15) is 48.1 Å². The Morgan fingerprint density at radius 1 is 0.988 bits per heavy atom. The topological polar surface area (TPSA) is 231 Å². The van der Waals surface area contributed by atoms with Crippen molar-refractivity contribution in [2.45, 2.75) is 116 Å². The van der Waals surface area contributed by atoms with E-state index in [-0.39, 0.29) is 74.5 Å². The second-order valence-corrected chi connectivity index (χ2v) is 22.8. The van der Waals surface area contributed by atoms with Crippen molar-refractivity contribution in [1.82, 2.24) is 55.7 Å². The molecule has 2 saturated heterocycles. The number of likely N-dealkylation sites (tertiary alicyclic amines) is 1. The number of carbonyl (C=O) groups is 2. The molecule has 424 valence electrons. The number of hydrogen-bond acceptors (Lipinski definition) is 16. The number of aryl methyl sites for hydroxylation is 1. The maximum atomic E-state index is 16.1. The van der Waals surface area contributed by atoms with Crippen LogP contribution in [0, 0.1) is 25.6 Å². The lowest BCUT2D eigenvalue weighted by Crippen LogP contribution is -2.50. The van der Waals surface area contributed by atoms with Gasteiger partial charge >= 0.3 is 6.01 Å². The highest BCUT2D eigenvalue weighted by atomic mass is 32.1. The molecule has 1 aliphatic carbocycles. The van der Waals surface area contributed by atoms with Crippen molar-refractivity contribution in [2.24, 2.45) is 5.92 Å². The molecule has 2 amide bonds. The number of rotatable bonds is 21. The molecule has 3 unspecified atom stereocenters. The number of nitrogens with zero attached hydrogens (tertiary/aromatic N) is 9. The Morgan fingerprint density at radius 3 is 2.44 bits per heavy atom. The summed E-state index contributed by atoms with van der Waals surface area (Å²) in [5, 5.41) is 45.7. The standard InChI is InChI=1S/C60H69FN12O7S/c1-8-71(41-19-20-62-24-41)57-44-22-43(37-13-14-37)52(51-34(5)46(61)23-47-45(51)25-64-68-47)55(53(44)66-60(67-57)80-29-33(4)78-7)79-30-36-9-11-38(12-10-36)48-27-73(70-69-48)54(32(2)3)59(77)72-26-42(75)21-50(72)58(76)65-49(28-74)39-15-17-40(18-16-39)56-35(6)63-31-81-56/h9-12,15-18,22-23,25,27,31-33,37,41-42,49-50,54,62,74-75H,8,13-14,19-21,24,26,28-30H2,1-7H3,(H,64,68)(H,65,76)/t33?,41-,42+,49?,50-,54?/m0/s1. The predicted octanol–water partition coefficient (Wildman–Crippen LogP) is 8.38. The molecule has 6 heterocycles. The SMILES string of the molecule is CCN(c1nc(OCC(C)OC)nc2c(OCc3ccc(-c4cn(C(C(=O)N5C[C@H](O)C[C@H]5C(=O)NC(CO)c5ccc(-c6scnc6C)cc5)C(C)C)nn4)cc3)c(-c3c(C)c(F)cc4[nH]ncc34)c(C3CC3)cc12)[C@H]1CCNC1. The number of H-pyrrole nitrogens is 1. The molecule has 19 nitrogen and oxygen atoms in total. The number of thiazole rings is 1. The fraction of sp³-hybridized carbons (Fsp3) is 0.433. The lowest BCUT2D eigenvalue weighted by Gasteiger charge is -2.30. The molecule has 1 saturated carbocycles. The predicted molar refractivity (Wildman–Crippen MR) is 308 cm³/mol. The van der Waals surface area contributed by atoms with Crippen molar-refractivity contribution in [3.63, 3.8) is 0 Å². The molecule has 0 bridgehead atoms. The van der Waals surface area contributed by atoms with E-state index >= 15 is 4.39 Å². The van der Waals surface area contributed by atoms with Crippen LogP contribution in [0.15, 0.2) is 78.6 Å². The number of aliphatic hydroxyl groups is 2. The zero-order valence-electron chi connectivity index (χ0n) is 46.6. The smallest absolute Gasteiger partial charge is 0.319 e. The minimum absolute atomic E-state index is 0.0400. The Hall–Kier alpha value is -7.43. The van der Waals surface area contributed by atoms with Crippen molar-refractivity contribution in [3.05, 3.63) is 112 Å². The molecule has 81 heavy (non-hydrogen) atoms. The van der Waals surface area contributed by atoms with Crippen LogP contribution in [-0.4, -0.2) is 138 Å². The zero-order chi connectivity index (χ0) is 56.6. The van der Waals surface area contributed by atoms with Gasteiger partial charge in [-0.15, -0.1) is 16.4 Å². The van der Waals surface area contributed by atoms with Crippen molar-refractivity contribution >= 4 is 50.8 Å². The van der Waals surface area contributed by atoms with E-state index < -0.39 is 30.1 Å². The summed E-state index contributed by atoms with van der Waals surface area (Å²) in [4.78, 5) is 48.0. The monoisotopic (exact) mass is 1120 g/mol. The summed E-state index contributed by atoms with van der Waals surface area (Å²) in [6.07, 6.45) is 5.22. The number of hydrogen-bond donors (Lipinski definition) is 5. The third kappa shape index (κ3) is 11.2. The maximum Gasteiger partial charge on any atom is 0.319 e. The minimum atomic E-state index is -0.982. The Kier molecular flexibility index (Phi) is 16.1. The molecule has 3 fully saturated rings. The molecule has 2 aliphatic heterocycles. The van der Waals surface area contributed by atoms with Crippen LogP contribution in [-0.2, 0) is 20.9 Å². The van der Waals surface area contributed by atoms with Crippen LogP contribution in [0.25, 0.3) is 54.6 Å². The fourth-order valence-electron chi connectivity index (χ4n) is 11.4. The Morgan fingerprint density at radius 2 is 1.77 bits per heavy atom. The third-order valence-electron chi connectivity index (χ3n) is 16.1. The van der Waals surface area contributed by atoms with Crippen molar-refractivity contribution in [1.29, 1.82) is 0 Å². The van der Waals surface area contributed by atoms with Gasteiger partial charge < -0.3 is 44.9 Å². The number of benzene rings is 4. The number of aliphatic hydroxyl groups excluding tert-OH is 2. The Bertz CT molecular complexity index is 3560. The van der Waals surface area contributed by atoms with Gasteiger partial charge in [0.15, 0.2) is 5.75 Å². The molecule has 11 rings (SSSR count). The van der Waals surface area contributed by atoms with E-state index in [0.29, 0.717) is 45.7 Å². The average molecular weight is 1120 g/mol. The summed E-state index contributed by atoms with van der Waals surface area (Å²) in [6.45, 7) is 13.9. The van der Waals surface area contributed by atoms with Gasteiger partial charge in [-0.2, -0.15) is 15.1 Å². The van der Waals surface area contributed by atoms with Gasteiger partial charge in [0.05, 0.1) is 58.8 Å². The molecule has 8 aromatic rings. The number of fused-ring (bicyclic) bond motifs is 2. The van der Waals surface area contributed by atoms with E-state index in [1.165, 1.54) is 15.6 Å². The number of β-amino-alcohol motifs (C(OH)–C–C–N with tert-alkyl or cyclic N) is 1. The van der Waals surface area contributed by atoms with Gasteiger partial charge in [0.2, 0.25) is 11.8 Å². The van der Waals surface area contributed by atoms with Gasteiger partial charge in [-0.25, -0.2) is 14.1 Å². The molecule has 5 N–H and O–H groups in total. The Labute approximate surface area is 473 Å². The van der Waals surface area contributed by atoms with Crippen LogP contribution in [0.2, 0.25) is 0 Å². The average Bonchev–Trinajstić information content (AvgIpc) is 4.18. The summed E-state index contributed by atoms with van der Waals surface area (Å²) >= 11 is 1.54. The molecular weight excluding hydrogens is 1050 g/mol. The molecule has 0 spiro atoms. The van der Waals surface area contributed by atoms with Crippen LogP contribution in [0.4, 0.5) is 10.2 Å². The number of methoxy groups -OCH3 is 1. The van der Waals surface area contributed by atoms with Crippen LogP contribution >= 0.6 is 11.3 Å². The molecule has 21 heteroatoms. The summed E-state index contributed by atoms with van der Waals surface area (Å²) < 4.78 is 36.7. The van der Waals surface area contributed by atoms with E-state index in [4.69, 9.17) is 24.2 Å². The number of likely N-dealkylation sites (N-methyl/N-ethyl adjacent to an activating group) is 1. The van der Waals surface area contributed by atoms with E-state index in [1.54, 1.807) is 43.3 Å². The number of aromatic nitrogens is 8. The maximum absolute atomic E-state index is 16.1. The summed E-state index contributed by atoms with van der Waals surface area (Å²) in [5.41, 5.74) is 10.6. The second-order valence-electron chi connectivity index (χ2n) is 21.9. The summed E-state index contributed by atoms with van der Waals surface area (Å²) in [7, 11) is 1.63. The van der Waals surface area contributed by atoms with Crippen LogP contribution in [0.5, 0.6) is 11.8 Å². The highest BCUT2D eigenvalue weighted by Gasteiger charge is 2.43. The number of aromatic amines is 1. The Balaban J connectivity index is 0.879. The van der Waals surface area contributed by atoms with Gasteiger partial charge in [0, 0.05) is 66.7 Å². The molecule has 4 aromatic heterocycles. The van der Waals surface area contributed by atoms with E-state index in [9.17, 15) is 19.8 Å². The highest BCUT2D eigenvalue weighted by molar-refractivity contribution is 7.13. The van der Waals surface area contributed by atoms with Gasteiger partial charge in [0.25, 0.3) is 0 Å². The first kappa shape index (κ1) is 55.5. The van der Waals surface area contributed by atoms with E-state index in [1.807, 2.05) is 76.2 Å². The number of carbonyl (C=O) groups excluding carboxylic acids is 2. The van der Waals surface area contributed by atoms with Crippen LogP contribution in [0.3, 0.4) is 0 Å². The lowest BCUT2D eigenvalue weighted by atomic mass is 9.88. The van der Waals surface area contributed by atoms with Gasteiger partial charge in [-0.05, 0) is 105 Å². The number of halogens is 1. The first-order valence-corrected chi connectivity index (χ1v) is 28.8. The number of amides is 2. The molecular formula is C60H69FN12O7S. The van der Waals surface area contributed by atoms with Crippen molar-refractivity contribution in [3.8, 4) is 44.6 Å². The van der Waals surface area contributed by atoms with Crippen molar-refractivity contribution < 1.29 is 38.4 Å². The summed E-state index contributed by atoms with van der Waals surface area (Å²) in [6, 6.07) is 16.8. The minimum Gasteiger partial charge on any atom is -0.486 e. The molecule has 6 atom stereocenters. The third-order valence-corrected chi connectivity index (χ3v) is 17.1. The summed E-state index contributed by atoms with van der Waals surface area (Å²) in [5.74, 6) is -0.0678. The molecule has 4 aromatic carbocycles. The van der Waals surface area contributed by atoms with Gasteiger partial charge in [-0.1, -0.05) is 67.6 Å². The lowest BCUT2D eigenvalue weighted by molar-refractivity contribution is -0.142. The molecule has 0 radical (unpaired) electrons. The quantitative estimate of drug-likeness (QED) is 0.0455. The highest BCUT2D eigenvalue weighted by Crippen LogP contribution is 2.53. The van der Waals surface area contributed by atoms with Crippen molar-refractivity contribution in [2.75, 3.05) is 51.4 Å². The van der Waals surface area contributed by atoms with Crippen LogP contribution < -0.4 is 25.0 Å². The number of ether oxygens (including phenoxy) is 3. The first-order valence-electron chi connectivity index (χ1n) is 27.9. The van der Waals surface area contributed by atoms with E-state index in [2.05, 4.69) is 54.0 Å². The molecule has 3 aliphatic rings. The normalized spacial score (nSPS) is 18.5. The fourth-order valence-corrected chi connectivity index (χ4v) is 12.3. The number of nitrogens with one attached hydrogen (secondary N) is 3. The number of anilines is 1. The van der Waals surface area contributed by atoms with Crippen LogP contribution in [0.1, 0.15) is 99.3 Å².